The number of benzene rings is 1. The molecule has 0 saturated carbocycles. The highest BCUT2D eigenvalue weighted by Gasteiger charge is 2.34. The van der Waals surface area contributed by atoms with Crippen molar-refractivity contribution in [3.8, 4) is 5.75 Å². The van der Waals surface area contributed by atoms with Crippen molar-refractivity contribution < 1.29 is 19.8 Å². The second-order valence-corrected chi connectivity index (χ2v) is 4.04. The summed E-state index contributed by atoms with van der Waals surface area (Å²) in [6.45, 7) is 0.469. The van der Waals surface area contributed by atoms with E-state index in [-0.39, 0.29) is 11.7 Å². The minimum absolute atomic E-state index is 0.0813. The molecule has 5 nitrogen and oxygen atoms in total. The summed E-state index contributed by atoms with van der Waals surface area (Å²) < 4.78 is 0. The lowest BCUT2D eigenvalue weighted by Gasteiger charge is -2.21. The van der Waals surface area contributed by atoms with Crippen molar-refractivity contribution >= 4 is 11.9 Å². The first kappa shape index (κ1) is 11.4. The van der Waals surface area contributed by atoms with Crippen LogP contribution in [-0.4, -0.2) is 39.6 Å². The van der Waals surface area contributed by atoms with Crippen LogP contribution in [0.1, 0.15) is 23.2 Å². The summed E-state index contributed by atoms with van der Waals surface area (Å²) in [7, 11) is 0. The first-order valence-electron chi connectivity index (χ1n) is 5.42. The molecule has 1 aromatic carbocycles. The summed E-state index contributed by atoms with van der Waals surface area (Å²) in [6, 6.07) is 5.10. The van der Waals surface area contributed by atoms with E-state index < -0.39 is 12.0 Å². The molecule has 5 heteroatoms. The van der Waals surface area contributed by atoms with Crippen LogP contribution in [-0.2, 0) is 4.79 Å². The molecule has 1 aromatic rings. The van der Waals surface area contributed by atoms with Crippen LogP contribution in [0.25, 0.3) is 0 Å². The van der Waals surface area contributed by atoms with Crippen LogP contribution < -0.4 is 0 Å². The summed E-state index contributed by atoms with van der Waals surface area (Å²) in [5.74, 6) is -1.18. The molecule has 0 aliphatic carbocycles. The molecule has 17 heavy (non-hydrogen) atoms. The number of aromatic hydroxyl groups is 1. The normalized spacial score (nSPS) is 19.3. The number of carboxylic acid groups (broad SMARTS) is 1. The van der Waals surface area contributed by atoms with Crippen LogP contribution in [0.3, 0.4) is 0 Å². The maximum absolute atomic E-state index is 12.1. The average Bonchev–Trinajstić information content (AvgIpc) is 2.78. The van der Waals surface area contributed by atoms with Gasteiger partial charge >= 0.3 is 5.97 Å². The van der Waals surface area contributed by atoms with Crippen LogP contribution in [0.5, 0.6) is 5.75 Å². The number of nitrogens with zero attached hydrogens (tertiary/aromatic N) is 1. The Bertz CT molecular complexity index is 440. The van der Waals surface area contributed by atoms with Crippen LogP contribution in [0, 0.1) is 0 Å². The first-order chi connectivity index (χ1) is 8.09. The number of rotatable bonds is 2. The Hall–Kier alpha value is -2.04. The maximum atomic E-state index is 12.1. The lowest BCUT2D eigenvalue weighted by molar-refractivity contribution is -0.141. The van der Waals surface area contributed by atoms with E-state index in [1.807, 2.05) is 0 Å². The van der Waals surface area contributed by atoms with Gasteiger partial charge in [0.2, 0.25) is 0 Å². The van der Waals surface area contributed by atoms with Gasteiger partial charge in [-0.15, -0.1) is 0 Å². The monoisotopic (exact) mass is 235 g/mol. The number of hydrogen-bond acceptors (Lipinski definition) is 3. The van der Waals surface area contributed by atoms with E-state index in [0.717, 1.165) is 0 Å². The van der Waals surface area contributed by atoms with Crippen LogP contribution in [0.2, 0.25) is 0 Å². The minimum Gasteiger partial charge on any atom is -0.508 e. The highest BCUT2D eigenvalue weighted by atomic mass is 16.4. The second kappa shape index (κ2) is 4.45. The zero-order valence-electron chi connectivity index (χ0n) is 9.17. The van der Waals surface area contributed by atoms with Gasteiger partial charge < -0.3 is 15.1 Å². The number of hydrogen-bond donors (Lipinski definition) is 2. The van der Waals surface area contributed by atoms with Gasteiger partial charge in [-0.1, -0.05) is 0 Å². The summed E-state index contributed by atoms with van der Waals surface area (Å²) >= 11 is 0. The molecule has 1 heterocycles. The van der Waals surface area contributed by atoms with E-state index in [1.165, 1.54) is 29.2 Å². The second-order valence-electron chi connectivity index (χ2n) is 4.04. The molecule has 2 N–H and O–H groups in total. The Balaban J connectivity index is 2.19. The lowest BCUT2D eigenvalue weighted by atomic mass is 10.1. The van der Waals surface area contributed by atoms with Crippen molar-refractivity contribution in [1.29, 1.82) is 0 Å². The molecule has 1 atom stereocenters. The summed E-state index contributed by atoms with van der Waals surface area (Å²) in [5.41, 5.74) is 0.399. The van der Waals surface area contributed by atoms with Gasteiger partial charge in [0.15, 0.2) is 0 Å². The molecule has 2 rings (SSSR count). The van der Waals surface area contributed by atoms with Gasteiger partial charge in [-0.25, -0.2) is 4.79 Å². The van der Waals surface area contributed by atoms with Gasteiger partial charge in [0.1, 0.15) is 11.8 Å². The molecule has 90 valence electrons. The SMILES string of the molecule is O=C(O)[C@@H]1CCCN1C(=O)c1ccc(O)cc1. The smallest absolute Gasteiger partial charge is 0.326 e. The zero-order valence-corrected chi connectivity index (χ0v) is 9.17. The molecule has 0 radical (unpaired) electrons. The molecular weight excluding hydrogens is 222 g/mol. The Labute approximate surface area is 98.3 Å². The average molecular weight is 235 g/mol. The molecular formula is C12H13NO4. The van der Waals surface area contributed by atoms with Crippen LogP contribution in [0.4, 0.5) is 0 Å². The Morgan fingerprint density at radius 1 is 1.24 bits per heavy atom. The molecule has 0 bridgehead atoms. The number of amides is 1. The van der Waals surface area contributed by atoms with Crippen molar-refractivity contribution in [2.45, 2.75) is 18.9 Å². The predicted molar refractivity (Wildman–Crippen MR) is 59.8 cm³/mol. The maximum Gasteiger partial charge on any atom is 0.326 e. The van der Waals surface area contributed by atoms with Gasteiger partial charge in [-0.2, -0.15) is 0 Å². The van der Waals surface area contributed by atoms with Gasteiger partial charge in [-0.3, -0.25) is 4.79 Å². The number of carboxylic acids is 1. The third-order valence-electron chi connectivity index (χ3n) is 2.91. The van der Waals surface area contributed by atoms with Crippen molar-refractivity contribution in [3.63, 3.8) is 0 Å². The fraction of sp³-hybridized carbons (Fsp3) is 0.333. The van der Waals surface area contributed by atoms with Gasteiger partial charge in [0, 0.05) is 12.1 Å². The number of phenolic OH excluding ortho intramolecular Hbond substituents is 1. The molecule has 0 aromatic heterocycles. The Morgan fingerprint density at radius 2 is 1.88 bits per heavy atom. The number of carbonyl (C=O) groups excluding carboxylic acids is 1. The third-order valence-corrected chi connectivity index (χ3v) is 2.91. The molecule has 1 fully saturated rings. The fourth-order valence-electron chi connectivity index (χ4n) is 2.04. The van der Waals surface area contributed by atoms with Crippen molar-refractivity contribution in [1.82, 2.24) is 4.90 Å². The van der Waals surface area contributed by atoms with Crippen molar-refractivity contribution in [3.05, 3.63) is 29.8 Å². The Morgan fingerprint density at radius 3 is 2.47 bits per heavy atom. The van der Waals surface area contributed by atoms with E-state index >= 15 is 0 Å². The molecule has 1 saturated heterocycles. The van der Waals surface area contributed by atoms with Gasteiger partial charge in [0.05, 0.1) is 0 Å². The molecule has 0 unspecified atom stereocenters. The quantitative estimate of drug-likeness (QED) is 0.804. The number of carbonyl (C=O) groups is 2. The van der Waals surface area contributed by atoms with Crippen molar-refractivity contribution in [2.24, 2.45) is 0 Å². The summed E-state index contributed by atoms with van der Waals surface area (Å²) in [5, 5.41) is 18.1. The van der Waals surface area contributed by atoms with Gasteiger partial charge in [-0.05, 0) is 37.1 Å². The number of likely N-dealkylation sites (tertiary alicyclic amines) is 1. The lowest BCUT2D eigenvalue weighted by Crippen LogP contribution is -2.40. The Kier molecular flexibility index (Phi) is 2.99. The standard InChI is InChI=1S/C12H13NO4/c14-9-5-3-8(4-6-9)11(15)13-7-1-2-10(13)12(16)17/h3-6,10,14H,1-2,7H2,(H,16,17)/t10-/m0/s1. The highest BCUT2D eigenvalue weighted by Crippen LogP contribution is 2.21. The fourth-order valence-corrected chi connectivity index (χ4v) is 2.04. The predicted octanol–water partition coefficient (Wildman–Crippen LogP) is 1.08. The number of phenols is 1. The number of aliphatic carboxylic acids is 1. The van der Waals surface area contributed by atoms with Crippen LogP contribution in [0.15, 0.2) is 24.3 Å². The molecule has 1 aliphatic rings. The summed E-state index contributed by atoms with van der Waals surface area (Å²) in [4.78, 5) is 24.4. The first-order valence-corrected chi connectivity index (χ1v) is 5.42. The van der Waals surface area contributed by atoms with E-state index in [0.29, 0.717) is 24.9 Å². The van der Waals surface area contributed by atoms with E-state index in [4.69, 9.17) is 10.2 Å². The van der Waals surface area contributed by atoms with E-state index in [1.54, 1.807) is 0 Å². The van der Waals surface area contributed by atoms with Crippen molar-refractivity contribution in [2.75, 3.05) is 6.54 Å². The minimum atomic E-state index is -0.963. The molecule has 1 aliphatic heterocycles. The largest absolute Gasteiger partial charge is 0.508 e. The molecule has 1 amide bonds. The van der Waals surface area contributed by atoms with Crippen LogP contribution >= 0.6 is 0 Å². The van der Waals surface area contributed by atoms with E-state index in [2.05, 4.69) is 0 Å². The molecule has 0 spiro atoms. The zero-order chi connectivity index (χ0) is 12.4. The highest BCUT2D eigenvalue weighted by molar-refractivity contribution is 5.97. The topological polar surface area (TPSA) is 77.8 Å². The van der Waals surface area contributed by atoms with Gasteiger partial charge in [0.25, 0.3) is 5.91 Å². The third kappa shape index (κ3) is 2.22. The van der Waals surface area contributed by atoms with E-state index in [9.17, 15) is 9.59 Å². The summed E-state index contributed by atoms with van der Waals surface area (Å²) in [6.07, 6.45) is 1.21.